The molecule has 2 amide bonds. The summed E-state index contributed by atoms with van der Waals surface area (Å²) in [5.74, 6) is 0.0452. The number of hydrogen-bond acceptors (Lipinski definition) is 5. The first-order chi connectivity index (χ1) is 13.7. The normalized spacial score (nSPS) is 17.0. The first-order valence-electron chi connectivity index (χ1n) is 9.23. The number of aryl methyl sites for hydroxylation is 2. The molecule has 2 aromatic rings. The van der Waals surface area contributed by atoms with Crippen molar-refractivity contribution in [1.82, 2.24) is 20.4 Å². The number of hydrogen-bond donors (Lipinski definition) is 1. The summed E-state index contributed by atoms with van der Waals surface area (Å²) in [5.41, 5.74) is -0.378. The fourth-order valence-electron chi connectivity index (χ4n) is 3.20. The largest absolute Gasteiger partial charge is 0.416 e. The van der Waals surface area contributed by atoms with Crippen LogP contribution in [0, 0.1) is 12.8 Å². The fourth-order valence-corrected chi connectivity index (χ4v) is 3.20. The maximum Gasteiger partial charge on any atom is 0.416 e. The number of aromatic nitrogens is 2. The van der Waals surface area contributed by atoms with Crippen molar-refractivity contribution in [2.45, 2.75) is 38.9 Å². The average molecular weight is 410 g/mol. The van der Waals surface area contributed by atoms with Gasteiger partial charge in [-0.15, -0.1) is 0 Å². The zero-order valence-electron chi connectivity index (χ0n) is 15.8. The quantitative estimate of drug-likeness (QED) is 0.709. The van der Waals surface area contributed by atoms with Crippen LogP contribution in [0.1, 0.15) is 35.7 Å². The Hall–Kier alpha value is -2.91. The summed E-state index contributed by atoms with van der Waals surface area (Å²) in [6, 6.07) is 4.87. The molecule has 1 aliphatic rings. The van der Waals surface area contributed by atoms with Crippen LogP contribution >= 0.6 is 0 Å². The van der Waals surface area contributed by atoms with Gasteiger partial charge in [-0.25, -0.2) is 0 Å². The summed E-state index contributed by atoms with van der Waals surface area (Å²) >= 11 is 0. The van der Waals surface area contributed by atoms with E-state index in [1.165, 1.54) is 17.0 Å². The minimum Gasteiger partial charge on any atom is -0.356 e. The predicted octanol–water partition coefficient (Wildman–Crippen LogP) is 2.49. The number of halogens is 3. The molecule has 1 N–H and O–H groups in total. The number of benzene rings is 1. The number of nitrogens with zero attached hydrogens (tertiary/aromatic N) is 3. The summed E-state index contributed by atoms with van der Waals surface area (Å²) in [5, 5.41) is 6.46. The molecule has 1 aromatic carbocycles. The van der Waals surface area contributed by atoms with Crippen LogP contribution in [-0.4, -0.2) is 39.9 Å². The van der Waals surface area contributed by atoms with E-state index in [9.17, 15) is 22.8 Å². The van der Waals surface area contributed by atoms with Crippen LogP contribution in [0.2, 0.25) is 0 Å². The second-order valence-electron chi connectivity index (χ2n) is 7.00. The van der Waals surface area contributed by atoms with Gasteiger partial charge in [-0.05, 0) is 31.0 Å². The zero-order valence-corrected chi connectivity index (χ0v) is 15.8. The van der Waals surface area contributed by atoms with Crippen molar-refractivity contribution >= 4 is 11.8 Å². The van der Waals surface area contributed by atoms with Gasteiger partial charge in [0.25, 0.3) is 0 Å². The highest BCUT2D eigenvalue weighted by molar-refractivity contribution is 5.89. The van der Waals surface area contributed by atoms with E-state index in [2.05, 4.69) is 15.5 Å². The third-order valence-electron chi connectivity index (χ3n) is 4.65. The van der Waals surface area contributed by atoms with E-state index < -0.39 is 17.7 Å². The number of likely N-dealkylation sites (tertiary alicyclic amines) is 1. The Bertz CT molecular complexity index is 882. The van der Waals surface area contributed by atoms with Gasteiger partial charge in [0.15, 0.2) is 5.82 Å². The monoisotopic (exact) mass is 410 g/mol. The molecule has 10 heteroatoms. The van der Waals surface area contributed by atoms with Gasteiger partial charge in [0, 0.05) is 32.5 Å². The molecule has 2 heterocycles. The van der Waals surface area contributed by atoms with Gasteiger partial charge in [0.1, 0.15) is 0 Å². The molecular formula is C19H21F3N4O3. The molecule has 1 unspecified atom stereocenters. The lowest BCUT2D eigenvalue weighted by Gasteiger charge is -2.17. The third-order valence-corrected chi connectivity index (χ3v) is 4.65. The molecule has 1 saturated heterocycles. The van der Waals surface area contributed by atoms with Crippen LogP contribution in [0.15, 0.2) is 28.8 Å². The van der Waals surface area contributed by atoms with Gasteiger partial charge in [-0.2, -0.15) is 18.2 Å². The molecule has 0 radical (unpaired) electrons. The Labute approximate surface area is 165 Å². The van der Waals surface area contributed by atoms with E-state index in [0.29, 0.717) is 36.7 Å². The van der Waals surface area contributed by atoms with Crippen molar-refractivity contribution in [3.05, 3.63) is 47.1 Å². The molecule has 0 bridgehead atoms. The van der Waals surface area contributed by atoms with E-state index in [-0.39, 0.29) is 31.3 Å². The van der Waals surface area contributed by atoms with Gasteiger partial charge in [0.05, 0.1) is 11.5 Å². The van der Waals surface area contributed by atoms with Gasteiger partial charge >= 0.3 is 6.18 Å². The van der Waals surface area contributed by atoms with E-state index in [1.54, 1.807) is 6.92 Å². The maximum absolute atomic E-state index is 12.8. The SMILES string of the molecule is Cc1noc(CCCNC(=O)C2CC(=O)N(Cc3cccc(C(F)(F)F)c3)C2)n1. The van der Waals surface area contributed by atoms with E-state index >= 15 is 0 Å². The highest BCUT2D eigenvalue weighted by Gasteiger charge is 2.35. The molecule has 1 atom stereocenters. The lowest BCUT2D eigenvalue weighted by atomic mass is 10.1. The molecule has 1 fully saturated rings. The summed E-state index contributed by atoms with van der Waals surface area (Å²) < 4.78 is 43.5. The predicted molar refractivity (Wildman–Crippen MR) is 95.3 cm³/mol. The molecule has 29 heavy (non-hydrogen) atoms. The highest BCUT2D eigenvalue weighted by atomic mass is 19.4. The Balaban J connectivity index is 1.47. The number of carbonyl (C=O) groups excluding carboxylic acids is 2. The molecule has 3 rings (SSSR count). The first-order valence-corrected chi connectivity index (χ1v) is 9.23. The second-order valence-corrected chi connectivity index (χ2v) is 7.00. The topological polar surface area (TPSA) is 88.3 Å². The van der Waals surface area contributed by atoms with Gasteiger partial charge in [-0.3, -0.25) is 9.59 Å². The van der Waals surface area contributed by atoms with Crippen LogP contribution in [0.4, 0.5) is 13.2 Å². The first kappa shape index (κ1) is 20.8. The van der Waals surface area contributed by atoms with Crippen LogP contribution < -0.4 is 5.32 Å². The van der Waals surface area contributed by atoms with E-state index in [0.717, 1.165) is 12.1 Å². The summed E-state index contributed by atoms with van der Waals surface area (Å²) in [4.78, 5) is 30.0. The molecule has 0 saturated carbocycles. The summed E-state index contributed by atoms with van der Waals surface area (Å²) in [6.45, 7) is 2.35. The minimum atomic E-state index is -4.44. The van der Waals surface area contributed by atoms with Gasteiger partial charge in [0.2, 0.25) is 17.7 Å². The number of amides is 2. The van der Waals surface area contributed by atoms with Crippen molar-refractivity contribution in [1.29, 1.82) is 0 Å². The number of nitrogens with one attached hydrogen (secondary N) is 1. The molecular weight excluding hydrogens is 389 g/mol. The number of alkyl halides is 3. The zero-order chi connectivity index (χ0) is 21.0. The van der Waals surface area contributed by atoms with Crippen LogP contribution in [0.5, 0.6) is 0 Å². The van der Waals surface area contributed by atoms with Crippen LogP contribution in [0.3, 0.4) is 0 Å². The fraction of sp³-hybridized carbons (Fsp3) is 0.474. The lowest BCUT2D eigenvalue weighted by molar-refractivity contribution is -0.137. The molecule has 156 valence electrons. The molecule has 1 aromatic heterocycles. The highest BCUT2D eigenvalue weighted by Crippen LogP contribution is 2.30. The smallest absolute Gasteiger partial charge is 0.356 e. The molecule has 7 nitrogen and oxygen atoms in total. The third kappa shape index (κ3) is 5.55. The van der Waals surface area contributed by atoms with E-state index in [1.807, 2.05) is 0 Å². The minimum absolute atomic E-state index is 0.0447. The molecule has 0 aliphatic carbocycles. The maximum atomic E-state index is 12.8. The van der Waals surface area contributed by atoms with Crippen molar-refractivity contribution in [3.63, 3.8) is 0 Å². The van der Waals surface area contributed by atoms with Crippen molar-refractivity contribution in [2.75, 3.05) is 13.1 Å². The summed E-state index contributed by atoms with van der Waals surface area (Å²) in [6.07, 6.45) is -3.24. The van der Waals surface area contributed by atoms with Crippen LogP contribution in [-0.2, 0) is 28.7 Å². The van der Waals surface area contributed by atoms with Gasteiger partial charge in [-0.1, -0.05) is 17.3 Å². The Morgan fingerprint density at radius 1 is 1.38 bits per heavy atom. The van der Waals surface area contributed by atoms with Crippen LogP contribution in [0.25, 0.3) is 0 Å². The van der Waals surface area contributed by atoms with Crippen molar-refractivity contribution in [2.24, 2.45) is 5.92 Å². The Morgan fingerprint density at radius 2 is 2.17 bits per heavy atom. The summed E-state index contributed by atoms with van der Waals surface area (Å²) in [7, 11) is 0. The molecule has 1 aliphatic heterocycles. The Morgan fingerprint density at radius 3 is 2.86 bits per heavy atom. The van der Waals surface area contributed by atoms with Gasteiger partial charge < -0.3 is 14.7 Å². The molecule has 0 spiro atoms. The average Bonchev–Trinajstić information content (AvgIpc) is 3.24. The van der Waals surface area contributed by atoms with E-state index in [4.69, 9.17) is 4.52 Å². The number of carbonyl (C=O) groups is 2. The lowest BCUT2D eigenvalue weighted by Crippen LogP contribution is -2.33. The standard InChI is InChI=1S/C19H21F3N4O3/c1-12-24-16(29-25-12)6-3-7-23-18(28)14-9-17(27)26(11-14)10-13-4-2-5-15(8-13)19(20,21)22/h2,4-5,8,14H,3,6-7,9-11H2,1H3,(H,23,28). The Kier molecular flexibility index (Phi) is 6.19. The number of rotatable bonds is 7. The van der Waals surface area contributed by atoms with Crippen molar-refractivity contribution < 1.29 is 27.3 Å². The van der Waals surface area contributed by atoms with Crippen molar-refractivity contribution in [3.8, 4) is 0 Å². The second kappa shape index (κ2) is 8.62.